The number of aromatic nitrogens is 1. The van der Waals surface area contributed by atoms with Crippen molar-refractivity contribution >= 4 is 0 Å². The lowest BCUT2D eigenvalue weighted by Crippen LogP contribution is -2.25. The quantitative estimate of drug-likeness (QED) is 0.753. The number of pyridine rings is 1. The second-order valence-corrected chi connectivity index (χ2v) is 6.95. The number of hydrogen-bond acceptors (Lipinski definition) is 4. The second kappa shape index (κ2) is 8.33. The van der Waals surface area contributed by atoms with Crippen molar-refractivity contribution in [2.24, 2.45) is 0 Å². The Hall–Kier alpha value is -2.69. The lowest BCUT2D eigenvalue weighted by Gasteiger charge is -2.19. The molecule has 0 saturated carbocycles. The lowest BCUT2D eigenvalue weighted by atomic mass is 9.99. The maximum absolute atomic E-state index is 10.7. The molecule has 138 valence electrons. The number of fused-ring (bicyclic) bond motifs is 1. The lowest BCUT2D eigenvalue weighted by molar-refractivity contribution is 0.178. The maximum atomic E-state index is 10.7. The summed E-state index contributed by atoms with van der Waals surface area (Å²) in [4.78, 5) is 6.76. The summed E-state index contributed by atoms with van der Waals surface area (Å²) in [6.07, 6.45) is 1.92. The van der Waals surface area contributed by atoms with Gasteiger partial charge in [0.05, 0.1) is 11.8 Å². The molecule has 1 aliphatic rings. The Labute approximate surface area is 160 Å². The third kappa shape index (κ3) is 4.54. The average molecular weight is 360 g/mol. The van der Waals surface area contributed by atoms with Gasteiger partial charge >= 0.3 is 0 Å². The average Bonchev–Trinajstić information content (AvgIpc) is 2.90. The van der Waals surface area contributed by atoms with Crippen LogP contribution in [0, 0.1) is 0 Å². The van der Waals surface area contributed by atoms with Crippen LogP contribution in [0.15, 0.2) is 72.9 Å². The zero-order chi connectivity index (χ0) is 18.5. The number of benzene rings is 2. The van der Waals surface area contributed by atoms with Crippen LogP contribution >= 0.6 is 0 Å². The predicted molar refractivity (Wildman–Crippen MR) is 105 cm³/mol. The van der Waals surface area contributed by atoms with Crippen molar-refractivity contribution in [1.29, 1.82) is 0 Å². The van der Waals surface area contributed by atoms with Crippen molar-refractivity contribution in [3.8, 4) is 5.75 Å². The van der Waals surface area contributed by atoms with E-state index in [0.29, 0.717) is 13.0 Å². The van der Waals surface area contributed by atoms with E-state index in [1.54, 1.807) is 0 Å². The molecule has 0 bridgehead atoms. The van der Waals surface area contributed by atoms with Gasteiger partial charge in [0.25, 0.3) is 0 Å². The van der Waals surface area contributed by atoms with Crippen molar-refractivity contribution in [3.05, 3.63) is 95.3 Å². The molecule has 0 amide bonds. The normalized spacial score (nSPS) is 15.4. The van der Waals surface area contributed by atoms with Crippen LogP contribution in [0.5, 0.6) is 5.75 Å². The molecule has 0 radical (unpaired) electrons. The summed E-state index contributed by atoms with van der Waals surface area (Å²) < 4.78 is 5.93. The molecule has 4 nitrogen and oxygen atoms in total. The Balaban J connectivity index is 1.50. The molecule has 1 aromatic heterocycles. The number of aliphatic hydroxyl groups excluding tert-OH is 1. The fraction of sp³-hybridized carbons (Fsp3) is 0.261. The first-order chi connectivity index (χ1) is 13.3. The van der Waals surface area contributed by atoms with Gasteiger partial charge in [0.2, 0.25) is 0 Å². The third-order valence-electron chi connectivity index (χ3n) is 4.91. The van der Waals surface area contributed by atoms with Crippen LogP contribution in [0.3, 0.4) is 0 Å². The molecule has 1 N–H and O–H groups in total. The highest BCUT2D eigenvalue weighted by atomic mass is 16.5. The van der Waals surface area contributed by atoms with E-state index in [9.17, 15) is 5.11 Å². The van der Waals surface area contributed by atoms with E-state index in [0.717, 1.165) is 47.8 Å². The first kappa shape index (κ1) is 17.7. The molecular weight excluding hydrogens is 336 g/mol. The van der Waals surface area contributed by atoms with Gasteiger partial charge in [-0.25, -0.2) is 0 Å². The standard InChI is InChI=1S/C23H24N2O2/c26-22(14-18-6-2-1-3-7-18)19-9-10-23-20(15-19)16-25(12-13-27-23)17-21-8-4-5-11-24-21/h1-11,15,22,26H,12-14,16-17H2/t22-/m0/s1. The first-order valence-electron chi connectivity index (χ1n) is 9.38. The van der Waals surface area contributed by atoms with Crippen LogP contribution in [0.25, 0.3) is 0 Å². The highest BCUT2D eigenvalue weighted by Crippen LogP contribution is 2.28. The van der Waals surface area contributed by atoms with Gasteiger partial charge < -0.3 is 9.84 Å². The molecule has 1 atom stereocenters. The topological polar surface area (TPSA) is 45.6 Å². The van der Waals surface area contributed by atoms with Crippen LogP contribution < -0.4 is 4.74 Å². The third-order valence-corrected chi connectivity index (χ3v) is 4.91. The van der Waals surface area contributed by atoms with E-state index < -0.39 is 6.10 Å². The summed E-state index contributed by atoms with van der Waals surface area (Å²) in [7, 11) is 0. The molecule has 2 heterocycles. The number of hydrogen-bond donors (Lipinski definition) is 1. The Morgan fingerprint density at radius 2 is 1.89 bits per heavy atom. The summed E-state index contributed by atoms with van der Waals surface area (Å²) in [6, 6.07) is 22.1. The number of rotatable bonds is 5. The fourth-order valence-electron chi connectivity index (χ4n) is 3.49. The molecule has 4 rings (SSSR count). The van der Waals surface area contributed by atoms with Gasteiger partial charge in [0.1, 0.15) is 12.4 Å². The molecule has 27 heavy (non-hydrogen) atoms. The van der Waals surface area contributed by atoms with Gasteiger partial charge in [-0.1, -0.05) is 42.5 Å². The minimum absolute atomic E-state index is 0.523. The number of aliphatic hydroxyl groups is 1. The van der Waals surface area contributed by atoms with E-state index in [4.69, 9.17) is 4.74 Å². The van der Waals surface area contributed by atoms with Gasteiger partial charge in [-0.05, 0) is 35.4 Å². The van der Waals surface area contributed by atoms with Gasteiger partial charge in [-0.3, -0.25) is 9.88 Å². The van der Waals surface area contributed by atoms with Crippen molar-refractivity contribution in [3.63, 3.8) is 0 Å². The Bertz CT molecular complexity index is 868. The van der Waals surface area contributed by atoms with Crippen LogP contribution in [0.2, 0.25) is 0 Å². The van der Waals surface area contributed by atoms with Gasteiger partial charge in [0.15, 0.2) is 0 Å². The molecule has 0 unspecified atom stereocenters. The van der Waals surface area contributed by atoms with Crippen LogP contribution in [0.4, 0.5) is 0 Å². The van der Waals surface area contributed by atoms with Crippen LogP contribution in [-0.4, -0.2) is 28.1 Å². The van der Waals surface area contributed by atoms with E-state index in [2.05, 4.69) is 16.0 Å². The highest BCUT2D eigenvalue weighted by Gasteiger charge is 2.18. The van der Waals surface area contributed by atoms with Crippen molar-refractivity contribution in [2.45, 2.75) is 25.6 Å². The Kier molecular flexibility index (Phi) is 5.47. The van der Waals surface area contributed by atoms with Crippen LogP contribution in [0.1, 0.15) is 28.5 Å². The molecule has 0 fully saturated rings. The summed E-state index contributed by atoms with van der Waals surface area (Å²) in [5.41, 5.74) is 4.24. The van der Waals surface area contributed by atoms with E-state index in [-0.39, 0.29) is 0 Å². The number of ether oxygens (including phenoxy) is 1. The second-order valence-electron chi connectivity index (χ2n) is 6.95. The molecule has 3 aromatic rings. The fourth-order valence-corrected chi connectivity index (χ4v) is 3.49. The molecule has 0 saturated heterocycles. The minimum Gasteiger partial charge on any atom is -0.492 e. The van der Waals surface area contributed by atoms with Crippen molar-refractivity contribution in [1.82, 2.24) is 9.88 Å². The predicted octanol–water partition coefficient (Wildman–Crippen LogP) is 3.75. The summed E-state index contributed by atoms with van der Waals surface area (Å²) >= 11 is 0. The smallest absolute Gasteiger partial charge is 0.123 e. The van der Waals surface area contributed by atoms with E-state index in [1.165, 1.54) is 0 Å². The zero-order valence-electron chi connectivity index (χ0n) is 15.3. The molecule has 2 aromatic carbocycles. The first-order valence-corrected chi connectivity index (χ1v) is 9.38. The SMILES string of the molecule is O[C@@H](Cc1ccccc1)c1ccc2c(c1)CN(Cc1ccccn1)CCO2. The van der Waals surface area contributed by atoms with Crippen LogP contribution in [-0.2, 0) is 19.5 Å². The van der Waals surface area contributed by atoms with E-state index in [1.807, 2.05) is 66.9 Å². The molecule has 4 heteroatoms. The molecular formula is C23H24N2O2. The van der Waals surface area contributed by atoms with Gasteiger partial charge in [-0.2, -0.15) is 0 Å². The Morgan fingerprint density at radius 1 is 1.04 bits per heavy atom. The van der Waals surface area contributed by atoms with E-state index >= 15 is 0 Å². The van der Waals surface area contributed by atoms with Crippen molar-refractivity contribution < 1.29 is 9.84 Å². The summed E-state index contributed by atoms with van der Waals surface area (Å²) in [5.74, 6) is 0.911. The number of nitrogens with zero attached hydrogens (tertiary/aromatic N) is 2. The minimum atomic E-state index is -0.523. The largest absolute Gasteiger partial charge is 0.492 e. The maximum Gasteiger partial charge on any atom is 0.123 e. The Morgan fingerprint density at radius 3 is 2.70 bits per heavy atom. The molecule has 0 aliphatic carbocycles. The highest BCUT2D eigenvalue weighted by molar-refractivity contribution is 5.39. The van der Waals surface area contributed by atoms with Crippen molar-refractivity contribution in [2.75, 3.05) is 13.2 Å². The molecule has 0 spiro atoms. The summed E-state index contributed by atoms with van der Waals surface area (Å²) in [6.45, 7) is 3.09. The monoisotopic (exact) mass is 360 g/mol. The van der Waals surface area contributed by atoms with Gasteiger partial charge in [0, 0.05) is 37.8 Å². The van der Waals surface area contributed by atoms with Gasteiger partial charge in [-0.15, -0.1) is 0 Å². The zero-order valence-corrected chi connectivity index (χ0v) is 15.3. The molecule has 1 aliphatic heterocycles. The summed E-state index contributed by atoms with van der Waals surface area (Å²) in [5, 5.41) is 10.7.